The number of rotatable bonds is 4. The quantitative estimate of drug-likeness (QED) is 0.330. The van der Waals surface area contributed by atoms with Crippen molar-refractivity contribution >= 4 is 17.5 Å². The van der Waals surface area contributed by atoms with Crippen molar-refractivity contribution in [2.24, 2.45) is 17.6 Å². The summed E-state index contributed by atoms with van der Waals surface area (Å²) >= 11 is 0. The van der Waals surface area contributed by atoms with Crippen LogP contribution in [0.2, 0.25) is 0 Å². The lowest BCUT2D eigenvalue weighted by Crippen LogP contribution is -2.63. The average molecular weight is 594 g/mol. The average Bonchev–Trinajstić information content (AvgIpc) is 3.35. The number of alkyl halides is 3. The van der Waals surface area contributed by atoms with Gasteiger partial charge >= 0.3 is 6.18 Å². The topological polar surface area (TPSA) is 165 Å². The molecule has 3 aliphatic carbocycles. The minimum atomic E-state index is -4.89. The third kappa shape index (κ3) is 4.08. The van der Waals surface area contributed by atoms with Crippen molar-refractivity contribution in [1.29, 1.82) is 0 Å². The zero-order valence-corrected chi connectivity index (χ0v) is 23.6. The van der Waals surface area contributed by atoms with Gasteiger partial charge in [-0.1, -0.05) is 0 Å². The normalized spacial score (nSPS) is 30.2. The summed E-state index contributed by atoms with van der Waals surface area (Å²) in [5, 5.41) is 44.9. The van der Waals surface area contributed by atoms with Gasteiger partial charge in [0.1, 0.15) is 22.8 Å². The molecule has 1 aliphatic heterocycles. The number of allylic oxidation sites excluding steroid dienone is 1. The van der Waals surface area contributed by atoms with Crippen LogP contribution in [0.4, 0.5) is 13.2 Å². The van der Waals surface area contributed by atoms with Crippen molar-refractivity contribution in [1.82, 2.24) is 9.80 Å². The number of likely N-dealkylation sites (N-methyl/N-ethyl adjacent to an activating group) is 1. The van der Waals surface area contributed by atoms with Crippen LogP contribution in [-0.4, -0.2) is 86.0 Å². The Balaban J connectivity index is 1.74. The van der Waals surface area contributed by atoms with Crippen molar-refractivity contribution in [2.45, 2.75) is 69.4 Å². The van der Waals surface area contributed by atoms with Crippen LogP contribution in [0.5, 0.6) is 5.75 Å². The number of carbonyl (C=O) groups is 3. The Hall–Kier alpha value is -3.42. The van der Waals surface area contributed by atoms with Crippen LogP contribution in [0.25, 0.3) is 0 Å². The molecule has 0 aromatic heterocycles. The Morgan fingerprint density at radius 1 is 1.19 bits per heavy atom. The number of phenols is 1. The highest BCUT2D eigenvalue weighted by atomic mass is 19.4. The minimum Gasteiger partial charge on any atom is -0.510 e. The van der Waals surface area contributed by atoms with Gasteiger partial charge < -0.3 is 26.2 Å². The molecule has 1 aromatic rings. The third-order valence-corrected chi connectivity index (χ3v) is 9.36. The molecule has 5 rings (SSSR count). The predicted octanol–water partition coefficient (Wildman–Crippen LogP) is 2.68. The number of benzene rings is 1. The van der Waals surface area contributed by atoms with Crippen LogP contribution < -0.4 is 5.73 Å². The van der Waals surface area contributed by atoms with Crippen LogP contribution >= 0.6 is 0 Å². The number of fused-ring (bicyclic) bond motifs is 3. The second-order valence-electron chi connectivity index (χ2n) is 12.2. The fourth-order valence-electron chi connectivity index (χ4n) is 7.69. The molecule has 228 valence electrons. The molecule has 10 nitrogen and oxygen atoms in total. The summed E-state index contributed by atoms with van der Waals surface area (Å²) in [5.74, 6) is -8.93. The van der Waals surface area contributed by atoms with Crippen LogP contribution in [0, 0.1) is 11.8 Å². The Labute approximate surface area is 239 Å². The lowest BCUT2D eigenvalue weighted by molar-refractivity contribution is -0.148. The number of Topliss-reactive ketones (excluding diaryl/α,β-unsaturated/α-hetero) is 2. The molecule has 42 heavy (non-hydrogen) atoms. The highest BCUT2D eigenvalue weighted by molar-refractivity contribution is 6.24. The number of likely N-dealkylation sites (tertiary alicyclic amines) is 1. The van der Waals surface area contributed by atoms with Gasteiger partial charge in [0.05, 0.1) is 17.2 Å². The number of carbonyl (C=O) groups excluding carboxylic acids is 3. The van der Waals surface area contributed by atoms with E-state index >= 15 is 0 Å². The summed E-state index contributed by atoms with van der Waals surface area (Å²) < 4.78 is 44.5. The fraction of sp³-hybridized carbons (Fsp3) is 0.552. The lowest BCUT2D eigenvalue weighted by atomic mass is 9.58. The molecule has 1 amide bonds. The first-order valence-electron chi connectivity index (χ1n) is 13.8. The zero-order valence-electron chi connectivity index (χ0n) is 23.6. The summed E-state index contributed by atoms with van der Waals surface area (Å²) in [6, 6.07) is -0.990. The van der Waals surface area contributed by atoms with E-state index in [1.807, 2.05) is 18.7 Å². The van der Waals surface area contributed by atoms with Gasteiger partial charge in [0.25, 0.3) is 5.91 Å². The van der Waals surface area contributed by atoms with Crippen molar-refractivity contribution in [3.63, 3.8) is 0 Å². The fourth-order valence-corrected chi connectivity index (χ4v) is 7.69. The van der Waals surface area contributed by atoms with E-state index in [2.05, 4.69) is 0 Å². The van der Waals surface area contributed by atoms with Crippen LogP contribution in [-0.2, 0) is 22.2 Å². The molecule has 6 N–H and O–H groups in total. The van der Waals surface area contributed by atoms with Gasteiger partial charge in [-0.25, -0.2) is 0 Å². The number of amides is 1. The van der Waals surface area contributed by atoms with Gasteiger partial charge in [-0.2, -0.15) is 13.2 Å². The van der Waals surface area contributed by atoms with Crippen LogP contribution in [0.3, 0.4) is 0 Å². The summed E-state index contributed by atoms with van der Waals surface area (Å²) in [7, 11) is 2.95. The summed E-state index contributed by atoms with van der Waals surface area (Å²) in [6.45, 7) is 4.32. The van der Waals surface area contributed by atoms with Gasteiger partial charge in [0, 0.05) is 23.6 Å². The largest absolute Gasteiger partial charge is 0.510 e. The summed E-state index contributed by atoms with van der Waals surface area (Å²) in [4.78, 5) is 42.6. The van der Waals surface area contributed by atoms with Gasteiger partial charge in [0.15, 0.2) is 11.4 Å². The van der Waals surface area contributed by atoms with Gasteiger partial charge in [-0.3, -0.25) is 24.2 Å². The number of aliphatic hydroxyl groups excluding tert-OH is 2. The van der Waals surface area contributed by atoms with Gasteiger partial charge in [-0.05, 0) is 83.3 Å². The number of hydrogen-bond donors (Lipinski definition) is 5. The first kappa shape index (κ1) is 30.1. The highest BCUT2D eigenvalue weighted by Gasteiger charge is 2.63. The minimum absolute atomic E-state index is 0.0706. The molecule has 1 unspecified atom stereocenters. The molecule has 13 heteroatoms. The number of ketones is 2. The number of phenolic OH excluding ortho intramolecular Hbond substituents is 1. The number of halogens is 3. The molecule has 0 saturated carbocycles. The number of aliphatic hydroxyl groups is 3. The molecule has 0 radical (unpaired) electrons. The van der Waals surface area contributed by atoms with Crippen molar-refractivity contribution in [3.05, 3.63) is 51.0 Å². The molecule has 1 aromatic carbocycles. The molecular weight excluding hydrogens is 559 g/mol. The van der Waals surface area contributed by atoms with E-state index in [0.29, 0.717) is 19.4 Å². The molecule has 1 fully saturated rings. The maximum Gasteiger partial charge on any atom is 0.417 e. The Morgan fingerprint density at radius 2 is 1.83 bits per heavy atom. The first-order valence-corrected chi connectivity index (χ1v) is 13.8. The second-order valence-corrected chi connectivity index (χ2v) is 12.2. The third-order valence-electron chi connectivity index (χ3n) is 9.36. The number of aromatic hydroxyl groups is 1. The molecule has 1 saturated heterocycles. The molecular formula is C29H34F3N3O7. The zero-order chi connectivity index (χ0) is 31.2. The monoisotopic (exact) mass is 593 g/mol. The van der Waals surface area contributed by atoms with Crippen molar-refractivity contribution < 1.29 is 48.0 Å². The number of hydrogen-bond acceptors (Lipinski definition) is 9. The van der Waals surface area contributed by atoms with Crippen LogP contribution in [0.15, 0.2) is 28.7 Å². The number of primary amides is 1. The smallest absolute Gasteiger partial charge is 0.417 e. The maximum atomic E-state index is 14.8. The lowest BCUT2D eigenvalue weighted by Gasteiger charge is -2.50. The van der Waals surface area contributed by atoms with Gasteiger partial charge in [-0.15, -0.1) is 0 Å². The molecule has 1 heterocycles. The SMILES string of the molecule is CC(C)N1CCCC1c1cc(O)c2c(c1C(F)(F)F)C[C@H]1C[C@H]3[C@H](N(C)C)C(O)=C(C(N)=O)C(=O)[C@@]3(O)C(O)=C1C2=O. The molecule has 4 aliphatic rings. The summed E-state index contributed by atoms with van der Waals surface area (Å²) in [6.07, 6.45) is -4.53. The Morgan fingerprint density at radius 3 is 2.38 bits per heavy atom. The summed E-state index contributed by atoms with van der Waals surface area (Å²) in [5.41, 5.74) is -1.22. The predicted molar refractivity (Wildman–Crippen MR) is 142 cm³/mol. The van der Waals surface area contributed by atoms with Crippen molar-refractivity contribution in [2.75, 3.05) is 20.6 Å². The first-order chi connectivity index (χ1) is 19.4. The second kappa shape index (κ2) is 9.81. The number of nitrogens with zero attached hydrogens (tertiary/aromatic N) is 2. The van der Waals surface area contributed by atoms with E-state index in [1.165, 1.54) is 19.0 Å². The standard InChI is InChI=1S/C29H34F3N3O7/c1-11(2)35-7-5-6-16(35)13-10-17(36)19-14(21(13)29(30,31)32)8-12-9-15-22(34(3)4)24(38)20(27(33)41)26(40)28(15,42)25(39)18(12)23(19)37/h10-12,15-16,22,36,38-39,42H,5-9H2,1-4H3,(H2,33,41)/t12-,15-,16?,22-,28-/m0/s1. The highest BCUT2D eigenvalue weighted by Crippen LogP contribution is 2.55. The van der Waals surface area contributed by atoms with E-state index in [9.17, 15) is 48.0 Å². The molecule has 0 spiro atoms. The van der Waals surface area contributed by atoms with E-state index in [0.717, 1.165) is 6.07 Å². The maximum absolute atomic E-state index is 14.8. The van der Waals surface area contributed by atoms with Gasteiger partial charge in [0.2, 0.25) is 5.78 Å². The molecule has 5 atom stereocenters. The van der Waals surface area contributed by atoms with E-state index < -0.39 is 105 Å². The molecule has 0 bridgehead atoms. The Bertz CT molecular complexity index is 1460. The number of nitrogens with two attached hydrogens (primary N) is 1. The van der Waals surface area contributed by atoms with Crippen molar-refractivity contribution in [3.8, 4) is 5.75 Å². The Kier molecular flexibility index (Phi) is 7.02. The van der Waals surface area contributed by atoms with E-state index in [1.54, 1.807) is 0 Å². The van der Waals surface area contributed by atoms with E-state index in [4.69, 9.17) is 5.73 Å². The van der Waals surface area contributed by atoms with Crippen LogP contribution in [0.1, 0.15) is 66.2 Å². The van der Waals surface area contributed by atoms with E-state index in [-0.39, 0.29) is 18.0 Å².